The van der Waals surface area contributed by atoms with E-state index in [2.05, 4.69) is 0 Å². The first-order valence-electron chi connectivity index (χ1n) is 11.6. The van der Waals surface area contributed by atoms with Crippen LogP contribution in [0.2, 0.25) is 0 Å². The molecule has 0 saturated carbocycles. The molecule has 39 heavy (non-hydrogen) atoms. The summed E-state index contributed by atoms with van der Waals surface area (Å²) in [4.78, 5) is 41.6. The number of nitrogens with two attached hydrogens (primary N) is 2. The minimum atomic E-state index is -0.771. The highest BCUT2D eigenvalue weighted by Gasteiger charge is 2.39. The molecule has 5 rings (SSSR count). The van der Waals surface area contributed by atoms with Gasteiger partial charge in [-0.1, -0.05) is 53.9 Å². The third-order valence-electron chi connectivity index (χ3n) is 6.35. The zero-order chi connectivity index (χ0) is 28.0. The molecule has 0 spiro atoms. The SMILES string of the molecule is COC(=O)c1ccccc1Sc1cc(O)c2c(c1N)C(=O)c1c(N)c(Sc3ccccc3C)cc(O)c1C2=O. The predicted molar refractivity (Wildman–Crippen MR) is 149 cm³/mol. The average molecular weight is 559 g/mol. The van der Waals surface area contributed by atoms with Gasteiger partial charge in [0, 0.05) is 19.6 Å². The number of aromatic hydroxyl groups is 2. The molecule has 4 aromatic rings. The fraction of sp³-hybridized carbons (Fsp3) is 0.0690. The van der Waals surface area contributed by atoms with Gasteiger partial charge in [-0.25, -0.2) is 4.79 Å². The van der Waals surface area contributed by atoms with Crippen LogP contribution in [0.4, 0.5) is 11.4 Å². The summed E-state index contributed by atoms with van der Waals surface area (Å²) >= 11 is 2.29. The number of nitrogen functional groups attached to an aromatic ring is 2. The molecule has 8 nitrogen and oxygen atoms in total. The number of phenols is 2. The van der Waals surface area contributed by atoms with Gasteiger partial charge in [0.2, 0.25) is 5.78 Å². The summed E-state index contributed by atoms with van der Waals surface area (Å²) in [6.45, 7) is 1.92. The monoisotopic (exact) mass is 558 g/mol. The van der Waals surface area contributed by atoms with E-state index in [4.69, 9.17) is 16.2 Å². The van der Waals surface area contributed by atoms with Gasteiger partial charge in [0.25, 0.3) is 0 Å². The molecule has 4 aromatic carbocycles. The maximum Gasteiger partial charge on any atom is 0.339 e. The second kappa shape index (κ2) is 10.0. The number of carbonyl (C=O) groups is 3. The molecule has 0 unspecified atom stereocenters. The van der Waals surface area contributed by atoms with E-state index in [9.17, 15) is 24.6 Å². The van der Waals surface area contributed by atoms with E-state index >= 15 is 0 Å². The van der Waals surface area contributed by atoms with Crippen LogP contribution in [0.3, 0.4) is 0 Å². The van der Waals surface area contributed by atoms with Crippen molar-refractivity contribution < 1.29 is 29.3 Å². The lowest BCUT2D eigenvalue weighted by molar-refractivity contribution is 0.0596. The molecule has 0 aromatic heterocycles. The first kappa shape index (κ1) is 26.2. The maximum absolute atomic E-state index is 13.9. The predicted octanol–water partition coefficient (Wildman–Crippen LogP) is 5.44. The van der Waals surface area contributed by atoms with Gasteiger partial charge in [-0.3, -0.25) is 9.59 Å². The number of ketones is 2. The molecule has 0 heterocycles. The third kappa shape index (κ3) is 4.37. The fourth-order valence-electron chi connectivity index (χ4n) is 4.41. The summed E-state index contributed by atoms with van der Waals surface area (Å²) in [5.41, 5.74) is 13.1. The summed E-state index contributed by atoms with van der Waals surface area (Å²) < 4.78 is 4.84. The van der Waals surface area contributed by atoms with Crippen molar-refractivity contribution in [2.75, 3.05) is 18.6 Å². The fourth-order valence-corrected chi connectivity index (χ4v) is 6.44. The molecule has 0 saturated heterocycles. The number of hydrogen-bond acceptors (Lipinski definition) is 10. The Hall–Kier alpha value is -4.41. The standard InChI is InChI=1S/C29H22N2O6S2/c1-13-7-3-5-9-17(13)38-19-11-15(32)21-23(25(19)30)28(35)24-22(27(21)34)16(33)12-20(26(24)31)39-18-10-6-4-8-14(18)29(36)37-2/h3-12,32-33H,30-31H2,1-2H3. The highest BCUT2D eigenvalue weighted by Crippen LogP contribution is 2.48. The average Bonchev–Trinajstić information content (AvgIpc) is 2.92. The van der Waals surface area contributed by atoms with Crippen molar-refractivity contribution >= 4 is 52.4 Å². The maximum atomic E-state index is 13.9. The van der Waals surface area contributed by atoms with E-state index in [1.54, 1.807) is 24.3 Å². The van der Waals surface area contributed by atoms with Crippen molar-refractivity contribution in [3.8, 4) is 11.5 Å². The Morgan fingerprint density at radius 1 is 0.718 bits per heavy atom. The Kier molecular flexibility index (Phi) is 6.75. The normalized spacial score (nSPS) is 12.2. The lowest BCUT2D eigenvalue weighted by Crippen LogP contribution is -2.24. The van der Waals surface area contributed by atoms with Crippen molar-refractivity contribution in [3.63, 3.8) is 0 Å². The lowest BCUT2D eigenvalue weighted by atomic mass is 9.81. The lowest BCUT2D eigenvalue weighted by Gasteiger charge is -2.24. The quantitative estimate of drug-likeness (QED) is 0.125. The van der Waals surface area contributed by atoms with Crippen molar-refractivity contribution in [1.29, 1.82) is 0 Å². The topological polar surface area (TPSA) is 153 Å². The van der Waals surface area contributed by atoms with Gasteiger partial charge in [0.15, 0.2) is 5.78 Å². The second-order valence-electron chi connectivity index (χ2n) is 8.73. The molecule has 0 fully saturated rings. The summed E-state index contributed by atoms with van der Waals surface area (Å²) in [7, 11) is 1.26. The summed E-state index contributed by atoms with van der Waals surface area (Å²) in [6.07, 6.45) is 0. The summed E-state index contributed by atoms with van der Waals surface area (Å²) in [6, 6.07) is 16.8. The number of aryl methyl sites for hydroxylation is 1. The number of esters is 1. The molecule has 10 heteroatoms. The number of rotatable bonds is 5. The molecule has 6 N–H and O–H groups in total. The van der Waals surface area contributed by atoms with E-state index < -0.39 is 29.0 Å². The molecule has 0 radical (unpaired) electrons. The zero-order valence-corrected chi connectivity index (χ0v) is 22.4. The van der Waals surface area contributed by atoms with Gasteiger partial charge in [-0.05, 0) is 42.8 Å². The molecule has 0 bridgehead atoms. The number of hydrogen-bond donors (Lipinski definition) is 4. The van der Waals surface area contributed by atoms with Crippen molar-refractivity contribution in [2.24, 2.45) is 0 Å². The largest absolute Gasteiger partial charge is 0.507 e. The number of benzene rings is 4. The zero-order valence-electron chi connectivity index (χ0n) is 20.8. The van der Waals surface area contributed by atoms with Crippen LogP contribution < -0.4 is 11.5 Å². The summed E-state index contributed by atoms with van der Waals surface area (Å²) in [5, 5.41) is 21.7. The smallest absolute Gasteiger partial charge is 0.339 e. The van der Waals surface area contributed by atoms with E-state index in [0.717, 1.165) is 22.2 Å². The van der Waals surface area contributed by atoms with Gasteiger partial charge in [0.05, 0.1) is 46.3 Å². The van der Waals surface area contributed by atoms with Crippen LogP contribution in [0.25, 0.3) is 0 Å². The Labute approximate surface area is 232 Å². The minimum Gasteiger partial charge on any atom is -0.507 e. The van der Waals surface area contributed by atoms with Gasteiger partial charge in [-0.2, -0.15) is 0 Å². The highest BCUT2D eigenvalue weighted by molar-refractivity contribution is 7.99. The van der Waals surface area contributed by atoms with Crippen molar-refractivity contribution in [2.45, 2.75) is 26.5 Å². The number of fused-ring (bicyclic) bond motifs is 2. The molecular weight excluding hydrogens is 536 g/mol. The van der Waals surface area contributed by atoms with Crippen LogP contribution in [-0.4, -0.2) is 34.9 Å². The van der Waals surface area contributed by atoms with Gasteiger partial charge in [0.1, 0.15) is 11.5 Å². The van der Waals surface area contributed by atoms with Crippen LogP contribution in [-0.2, 0) is 4.74 Å². The van der Waals surface area contributed by atoms with Crippen LogP contribution in [0.1, 0.15) is 47.8 Å². The Morgan fingerprint density at radius 3 is 1.72 bits per heavy atom. The van der Waals surface area contributed by atoms with Crippen molar-refractivity contribution in [3.05, 3.63) is 94.0 Å². The van der Waals surface area contributed by atoms with Crippen molar-refractivity contribution in [1.82, 2.24) is 0 Å². The van der Waals surface area contributed by atoms with E-state index in [1.165, 1.54) is 31.0 Å². The number of ether oxygens (including phenoxy) is 1. The van der Waals surface area contributed by atoms with Gasteiger partial charge < -0.3 is 26.4 Å². The molecule has 1 aliphatic carbocycles. The molecule has 0 atom stereocenters. The first-order chi connectivity index (χ1) is 18.6. The van der Waals surface area contributed by atoms with Crippen LogP contribution in [0.5, 0.6) is 11.5 Å². The molecule has 0 aliphatic heterocycles. The molecule has 0 amide bonds. The Bertz CT molecular complexity index is 1720. The van der Waals surface area contributed by atoms with Crippen LogP contribution in [0.15, 0.2) is 80.2 Å². The van der Waals surface area contributed by atoms with E-state index in [-0.39, 0.29) is 44.1 Å². The van der Waals surface area contributed by atoms with E-state index in [0.29, 0.717) is 9.79 Å². The van der Waals surface area contributed by atoms with E-state index in [1.807, 2.05) is 31.2 Å². The highest BCUT2D eigenvalue weighted by atomic mass is 32.2. The number of anilines is 2. The van der Waals surface area contributed by atoms with Crippen LogP contribution >= 0.6 is 23.5 Å². The second-order valence-corrected chi connectivity index (χ2v) is 10.9. The number of methoxy groups -OCH3 is 1. The Balaban J connectivity index is 1.64. The van der Waals surface area contributed by atoms with Crippen LogP contribution in [0, 0.1) is 6.92 Å². The van der Waals surface area contributed by atoms with Gasteiger partial charge >= 0.3 is 5.97 Å². The third-order valence-corrected chi connectivity index (χ3v) is 8.72. The molecular formula is C29H22N2O6S2. The minimum absolute atomic E-state index is 0.0213. The number of phenolic OH excluding ortho intramolecular Hbond substituents is 2. The first-order valence-corrected chi connectivity index (χ1v) is 13.3. The number of carbonyl (C=O) groups excluding carboxylic acids is 3. The molecule has 1 aliphatic rings. The Morgan fingerprint density at radius 2 is 1.18 bits per heavy atom. The van der Waals surface area contributed by atoms with Gasteiger partial charge in [-0.15, -0.1) is 0 Å². The molecule has 196 valence electrons. The summed E-state index contributed by atoms with van der Waals surface area (Å²) in [5.74, 6) is -2.95.